The number of amides is 2. The molecule has 0 aliphatic heterocycles. The standard InChI is InChI=1S/C33H33BrFN3O5S/c1-23-13-15-26(16-14-23)38(44(41,42)27-17-18-31(43-3)28(34)20-27)22-32(39)37(21-25-11-7-8-12-29(25)35)30(33(40)36-2)19-24-9-5-4-6-10-24/h4-18,20,30H,19,21-22H2,1-3H3,(H,36,40). The molecular formula is C33H33BrFN3O5S. The summed E-state index contributed by atoms with van der Waals surface area (Å²) in [5.41, 5.74) is 2.11. The van der Waals surface area contributed by atoms with E-state index in [0.29, 0.717) is 10.2 Å². The molecule has 44 heavy (non-hydrogen) atoms. The van der Waals surface area contributed by atoms with Crippen molar-refractivity contribution in [3.8, 4) is 5.75 Å². The Morgan fingerprint density at radius 2 is 1.61 bits per heavy atom. The molecule has 0 aromatic heterocycles. The van der Waals surface area contributed by atoms with Crippen molar-refractivity contribution in [1.29, 1.82) is 0 Å². The Morgan fingerprint density at radius 3 is 2.23 bits per heavy atom. The summed E-state index contributed by atoms with van der Waals surface area (Å²) in [6.45, 7) is 0.958. The fraction of sp³-hybridized carbons (Fsp3) is 0.212. The number of benzene rings is 4. The van der Waals surface area contributed by atoms with Gasteiger partial charge in [-0.2, -0.15) is 0 Å². The molecule has 1 unspecified atom stereocenters. The number of nitrogens with one attached hydrogen (secondary N) is 1. The third kappa shape index (κ3) is 7.64. The molecule has 8 nitrogen and oxygen atoms in total. The number of methoxy groups -OCH3 is 1. The van der Waals surface area contributed by atoms with Crippen molar-refractivity contribution in [2.75, 3.05) is 25.0 Å². The first-order chi connectivity index (χ1) is 21.0. The summed E-state index contributed by atoms with van der Waals surface area (Å²) in [5.74, 6) is -1.27. The van der Waals surface area contributed by atoms with Crippen LogP contribution in [0.4, 0.5) is 10.1 Å². The first-order valence-electron chi connectivity index (χ1n) is 13.8. The highest BCUT2D eigenvalue weighted by Gasteiger charge is 2.35. The average Bonchev–Trinajstić information content (AvgIpc) is 3.02. The normalized spacial score (nSPS) is 11.8. The fourth-order valence-corrected chi connectivity index (χ4v) is 6.84. The molecule has 0 saturated heterocycles. The van der Waals surface area contributed by atoms with Crippen molar-refractivity contribution >= 4 is 43.5 Å². The van der Waals surface area contributed by atoms with E-state index >= 15 is 0 Å². The largest absolute Gasteiger partial charge is 0.496 e. The van der Waals surface area contributed by atoms with Crippen LogP contribution in [0, 0.1) is 12.7 Å². The lowest BCUT2D eigenvalue weighted by molar-refractivity contribution is -0.139. The Bertz CT molecular complexity index is 1720. The van der Waals surface area contributed by atoms with E-state index in [1.807, 2.05) is 37.3 Å². The minimum absolute atomic E-state index is 0.0775. The van der Waals surface area contributed by atoms with Gasteiger partial charge < -0.3 is 15.0 Å². The van der Waals surface area contributed by atoms with Gasteiger partial charge in [0.15, 0.2) is 0 Å². The second-order valence-corrected chi connectivity index (χ2v) is 12.8. The molecule has 0 saturated carbocycles. The highest BCUT2D eigenvalue weighted by Crippen LogP contribution is 2.31. The van der Waals surface area contributed by atoms with E-state index < -0.39 is 40.2 Å². The molecule has 1 N–H and O–H groups in total. The number of anilines is 1. The summed E-state index contributed by atoms with van der Waals surface area (Å²) in [7, 11) is -1.39. The molecule has 2 amide bonds. The molecule has 0 fully saturated rings. The summed E-state index contributed by atoms with van der Waals surface area (Å²) >= 11 is 3.34. The van der Waals surface area contributed by atoms with Crippen LogP contribution in [-0.2, 0) is 32.6 Å². The predicted molar refractivity (Wildman–Crippen MR) is 171 cm³/mol. The van der Waals surface area contributed by atoms with Crippen LogP contribution in [0.1, 0.15) is 16.7 Å². The van der Waals surface area contributed by atoms with Crippen molar-refractivity contribution in [2.24, 2.45) is 0 Å². The quantitative estimate of drug-likeness (QED) is 0.214. The van der Waals surface area contributed by atoms with Gasteiger partial charge in [0.2, 0.25) is 11.8 Å². The number of likely N-dealkylation sites (N-methyl/N-ethyl adjacent to an activating group) is 1. The van der Waals surface area contributed by atoms with E-state index in [-0.39, 0.29) is 29.1 Å². The van der Waals surface area contributed by atoms with Gasteiger partial charge in [0.25, 0.3) is 10.0 Å². The molecule has 1 atom stereocenters. The third-order valence-electron chi connectivity index (χ3n) is 7.13. The van der Waals surface area contributed by atoms with Gasteiger partial charge >= 0.3 is 0 Å². The molecule has 230 valence electrons. The molecular weight excluding hydrogens is 649 g/mol. The molecule has 4 aromatic rings. The first kappa shape index (κ1) is 32.7. The maximum Gasteiger partial charge on any atom is 0.264 e. The topological polar surface area (TPSA) is 96.0 Å². The lowest BCUT2D eigenvalue weighted by Crippen LogP contribution is -2.53. The number of aryl methyl sites for hydroxylation is 1. The fourth-order valence-electron chi connectivity index (χ4n) is 4.71. The van der Waals surface area contributed by atoms with Crippen molar-refractivity contribution < 1.29 is 27.1 Å². The Kier molecular flexibility index (Phi) is 10.8. The number of hydrogen-bond donors (Lipinski definition) is 1. The van der Waals surface area contributed by atoms with E-state index in [0.717, 1.165) is 15.4 Å². The van der Waals surface area contributed by atoms with Crippen molar-refractivity contribution in [3.05, 3.63) is 124 Å². The molecule has 4 rings (SSSR count). The highest BCUT2D eigenvalue weighted by atomic mass is 79.9. The lowest BCUT2D eigenvalue weighted by Gasteiger charge is -2.33. The zero-order valence-corrected chi connectivity index (χ0v) is 26.9. The average molecular weight is 683 g/mol. The number of halogens is 2. The number of carbonyl (C=O) groups excluding carboxylic acids is 2. The monoisotopic (exact) mass is 681 g/mol. The van der Waals surface area contributed by atoms with Gasteiger partial charge in [-0.05, 0) is 64.8 Å². The summed E-state index contributed by atoms with van der Waals surface area (Å²) in [6, 6.07) is 25.0. The molecule has 0 heterocycles. The van der Waals surface area contributed by atoms with Crippen LogP contribution in [0.5, 0.6) is 5.75 Å². The van der Waals surface area contributed by atoms with E-state index in [1.54, 1.807) is 30.3 Å². The number of carbonyl (C=O) groups is 2. The van der Waals surface area contributed by atoms with Crippen LogP contribution in [0.25, 0.3) is 0 Å². The SMILES string of the molecule is CNC(=O)C(Cc1ccccc1)N(Cc1ccccc1F)C(=O)CN(c1ccc(C)cc1)S(=O)(=O)c1ccc(OC)c(Br)c1. The number of ether oxygens (including phenoxy) is 1. The predicted octanol–water partition coefficient (Wildman–Crippen LogP) is 5.49. The van der Waals surface area contributed by atoms with E-state index in [2.05, 4.69) is 21.2 Å². The Hall–Kier alpha value is -4.22. The molecule has 0 spiro atoms. The molecule has 0 radical (unpaired) electrons. The molecule has 0 bridgehead atoms. The second kappa shape index (κ2) is 14.5. The lowest BCUT2D eigenvalue weighted by atomic mass is 10.0. The van der Waals surface area contributed by atoms with Gasteiger partial charge in [0.05, 0.1) is 22.2 Å². The van der Waals surface area contributed by atoms with Gasteiger partial charge in [-0.15, -0.1) is 0 Å². The molecule has 4 aromatic carbocycles. The van der Waals surface area contributed by atoms with Gasteiger partial charge in [-0.3, -0.25) is 13.9 Å². The molecule has 0 aliphatic rings. The first-order valence-corrected chi connectivity index (χ1v) is 16.0. The van der Waals surface area contributed by atoms with Gasteiger partial charge in [-0.25, -0.2) is 12.8 Å². The van der Waals surface area contributed by atoms with Gasteiger partial charge in [0, 0.05) is 25.6 Å². The van der Waals surface area contributed by atoms with E-state index in [4.69, 9.17) is 4.74 Å². The second-order valence-electron chi connectivity index (χ2n) is 10.1. The Labute approximate surface area is 265 Å². The summed E-state index contributed by atoms with van der Waals surface area (Å²) in [4.78, 5) is 28.8. The van der Waals surface area contributed by atoms with Crippen LogP contribution >= 0.6 is 15.9 Å². The van der Waals surface area contributed by atoms with Crippen molar-refractivity contribution in [1.82, 2.24) is 10.2 Å². The van der Waals surface area contributed by atoms with Crippen LogP contribution in [-0.4, -0.2) is 51.9 Å². The van der Waals surface area contributed by atoms with Crippen LogP contribution < -0.4 is 14.4 Å². The number of hydrogen-bond acceptors (Lipinski definition) is 5. The van der Waals surface area contributed by atoms with Crippen molar-refractivity contribution in [3.63, 3.8) is 0 Å². The minimum atomic E-state index is -4.31. The van der Waals surface area contributed by atoms with E-state index in [1.165, 1.54) is 55.5 Å². The number of nitrogens with zero attached hydrogens (tertiary/aromatic N) is 2. The molecule has 0 aliphatic carbocycles. The summed E-state index contributed by atoms with van der Waals surface area (Å²) in [6.07, 6.45) is 0.128. The smallest absolute Gasteiger partial charge is 0.264 e. The zero-order valence-electron chi connectivity index (χ0n) is 24.5. The Morgan fingerprint density at radius 1 is 0.955 bits per heavy atom. The van der Waals surface area contributed by atoms with E-state index in [9.17, 15) is 22.4 Å². The highest BCUT2D eigenvalue weighted by molar-refractivity contribution is 9.10. The minimum Gasteiger partial charge on any atom is -0.496 e. The number of rotatable bonds is 12. The summed E-state index contributed by atoms with van der Waals surface area (Å²) < 4.78 is 49.9. The van der Waals surface area contributed by atoms with Gasteiger partial charge in [0.1, 0.15) is 24.2 Å². The van der Waals surface area contributed by atoms with Crippen LogP contribution in [0.2, 0.25) is 0 Å². The van der Waals surface area contributed by atoms with Crippen LogP contribution in [0.15, 0.2) is 106 Å². The van der Waals surface area contributed by atoms with Crippen LogP contribution in [0.3, 0.4) is 0 Å². The third-order valence-corrected chi connectivity index (χ3v) is 9.52. The number of sulfonamides is 1. The van der Waals surface area contributed by atoms with Gasteiger partial charge in [-0.1, -0.05) is 66.2 Å². The Balaban J connectivity index is 1.80. The maximum atomic E-state index is 14.9. The maximum absolute atomic E-state index is 14.9. The molecule has 11 heteroatoms. The zero-order chi connectivity index (χ0) is 31.9. The summed E-state index contributed by atoms with van der Waals surface area (Å²) in [5, 5.41) is 2.61. The van der Waals surface area contributed by atoms with Crippen molar-refractivity contribution in [2.45, 2.75) is 30.8 Å².